The van der Waals surface area contributed by atoms with Gasteiger partial charge in [-0.1, -0.05) is 42.5 Å². The lowest BCUT2D eigenvalue weighted by Crippen LogP contribution is -2.31. The number of anilines is 1. The zero-order valence-corrected chi connectivity index (χ0v) is 18.1. The Morgan fingerprint density at radius 2 is 1.63 bits per heavy atom. The summed E-state index contributed by atoms with van der Waals surface area (Å²) in [5.74, 6) is -0.196. The second-order valence-corrected chi connectivity index (χ2v) is 7.55. The molecule has 0 saturated heterocycles. The summed E-state index contributed by atoms with van der Waals surface area (Å²) in [5.41, 5.74) is 14.4. The van der Waals surface area contributed by atoms with E-state index in [0.717, 1.165) is 11.1 Å². The highest BCUT2D eigenvalue weighted by atomic mass is 79.9. The smallest absolute Gasteiger partial charge is 0.256 e. The van der Waals surface area contributed by atoms with Gasteiger partial charge < -0.3 is 21.1 Å². The van der Waals surface area contributed by atoms with Crippen LogP contribution in [0.1, 0.15) is 31.8 Å². The SMILES string of the molecule is COc1ccc(C(=O)N(Cc2ccccc2)Cc2cccc(C(N)=O)c2)c(N)c1Br. The molecule has 7 heteroatoms. The largest absolute Gasteiger partial charge is 0.495 e. The van der Waals surface area contributed by atoms with Crippen LogP contribution in [0.4, 0.5) is 5.69 Å². The monoisotopic (exact) mass is 467 g/mol. The number of carbonyl (C=O) groups is 2. The standard InChI is InChI=1S/C23H22BrN3O3/c1-30-19-11-10-18(21(25)20(19)24)23(29)27(13-15-6-3-2-4-7-15)14-16-8-5-9-17(12-16)22(26)28/h2-12H,13-14,25H2,1H3,(H2,26,28). The van der Waals surface area contributed by atoms with Gasteiger partial charge in [-0.05, 0) is 51.3 Å². The van der Waals surface area contributed by atoms with Crippen molar-refractivity contribution in [1.82, 2.24) is 4.90 Å². The third-order valence-corrected chi connectivity index (χ3v) is 5.50. The van der Waals surface area contributed by atoms with Crippen LogP contribution in [0.2, 0.25) is 0 Å². The molecule has 6 nitrogen and oxygen atoms in total. The maximum atomic E-state index is 13.4. The molecule has 0 unspecified atom stereocenters. The van der Waals surface area contributed by atoms with E-state index in [2.05, 4.69) is 15.9 Å². The number of nitrogens with zero attached hydrogens (tertiary/aromatic N) is 1. The summed E-state index contributed by atoms with van der Waals surface area (Å²) in [7, 11) is 1.54. The minimum Gasteiger partial charge on any atom is -0.495 e. The second kappa shape index (κ2) is 9.45. The van der Waals surface area contributed by atoms with E-state index >= 15 is 0 Å². The summed E-state index contributed by atoms with van der Waals surface area (Å²) in [5, 5.41) is 0. The average molecular weight is 468 g/mol. The van der Waals surface area contributed by atoms with Crippen LogP contribution in [0.25, 0.3) is 0 Å². The zero-order chi connectivity index (χ0) is 21.7. The van der Waals surface area contributed by atoms with E-state index < -0.39 is 5.91 Å². The molecule has 3 aromatic rings. The molecule has 0 bridgehead atoms. The Morgan fingerprint density at radius 3 is 2.30 bits per heavy atom. The number of carbonyl (C=O) groups excluding carboxylic acids is 2. The molecule has 3 rings (SSSR count). The summed E-state index contributed by atoms with van der Waals surface area (Å²) < 4.78 is 5.79. The van der Waals surface area contributed by atoms with E-state index in [4.69, 9.17) is 16.2 Å². The summed E-state index contributed by atoms with van der Waals surface area (Å²) in [6, 6.07) is 20.0. The molecule has 154 valence electrons. The van der Waals surface area contributed by atoms with E-state index in [-0.39, 0.29) is 12.5 Å². The number of hydrogen-bond donors (Lipinski definition) is 2. The fourth-order valence-electron chi connectivity index (χ4n) is 3.13. The molecule has 3 aromatic carbocycles. The first kappa shape index (κ1) is 21.4. The number of ether oxygens (including phenoxy) is 1. The van der Waals surface area contributed by atoms with Gasteiger partial charge in [0, 0.05) is 18.7 Å². The fraction of sp³-hybridized carbons (Fsp3) is 0.130. The van der Waals surface area contributed by atoms with Crippen molar-refractivity contribution in [2.45, 2.75) is 13.1 Å². The number of nitrogen functional groups attached to an aromatic ring is 1. The third kappa shape index (κ3) is 4.80. The Morgan fingerprint density at radius 1 is 0.967 bits per heavy atom. The molecule has 0 fully saturated rings. The predicted octanol–water partition coefficient (Wildman–Crippen LogP) is 3.98. The number of primary amides is 1. The molecule has 4 N–H and O–H groups in total. The molecule has 0 aliphatic rings. The van der Waals surface area contributed by atoms with Crippen LogP contribution in [0, 0.1) is 0 Å². The van der Waals surface area contributed by atoms with Crippen LogP contribution in [0.3, 0.4) is 0 Å². The molecule has 2 amide bonds. The van der Waals surface area contributed by atoms with Gasteiger partial charge in [0.25, 0.3) is 5.91 Å². The highest BCUT2D eigenvalue weighted by molar-refractivity contribution is 9.10. The average Bonchev–Trinajstić information content (AvgIpc) is 2.75. The van der Waals surface area contributed by atoms with E-state index in [9.17, 15) is 9.59 Å². The molecule has 0 radical (unpaired) electrons. The molecule has 30 heavy (non-hydrogen) atoms. The molecular formula is C23H22BrN3O3. The highest BCUT2D eigenvalue weighted by Crippen LogP contribution is 2.34. The van der Waals surface area contributed by atoms with Gasteiger partial charge in [-0.15, -0.1) is 0 Å². The van der Waals surface area contributed by atoms with E-state index in [0.29, 0.717) is 33.6 Å². The van der Waals surface area contributed by atoms with Gasteiger partial charge in [-0.3, -0.25) is 9.59 Å². The van der Waals surface area contributed by atoms with Crippen LogP contribution in [-0.2, 0) is 13.1 Å². The quantitative estimate of drug-likeness (QED) is 0.513. The molecule has 0 heterocycles. The van der Waals surface area contributed by atoms with Gasteiger partial charge in [0.2, 0.25) is 5.91 Å². The molecule has 0 atom stereocenters. The molecule has 0 saturated carbocycles. The van der Waals surface area contributed by atoms with Gasteiger partial charge in [0.1, 0.15) is 5.75 Å². The Kier molecular flexibility index (Phi) is 6.74. The minimum atomic E-state index is -0.513. The van der Waals surface area contributed by atoms with E-state index in [1.54, 1.807) is 35.2 Å². The van der Waals surface area contributed by atoms with Crippen molar-refractivity contribution in [3.63, 3.8) is 0 Å². The molecule has 0 spiro atoms. The number of amides is 2. The number of hydrogen-bond acceptors (Lipinski definition) is 4. The summed E-state index contributed by atoms with van der Waals surface area (Å²) >= 11 is 3.40. The Balaban J connectivity index is 1.97. The Hall–Kier alpha value is -3.32. The normalized spacial score (nSPS) is 10.5. The van der Waals surface area contributed by atoms with Crippen LogP contribution >= 0.6 is 15.9 Å². The lowest BCUT2D eigenvalue weighted by atomic mass is 10.1. The second-order valence-electron chi connectivity index (χ2n) is 6.75. The fourth-order valence-corrected chi connectivity index (χ4v) is 3.64. The lowest BCUT2D eigenvalue weighted by molar-refractivity contribution is 0.0731. The maximum absolute atomic E-state index is 13.4. The maximum Gasteiger partial charge on any atom is 0.256 e. The molecule has 0 aliphatic heterocycles. The van der Waals surface area contributed by atoms with Gasteiger partial charge in [-0.25, -0.2) is 0 Å². The Bertz CT molecular complexity index is 1070. The number of methoxy groups -OCH3 is 1. The summed E-state index contributed by atoms with van der Waals surface area (Å²) in [4.78, 5) is 26.7. The topological polar surface area (TPSA) is 98.6 Å². The lowest BCUT2D eigenvalue weighted by Gasteiger charge is -2.24. The number of halogens is 1. The van der Waals surface area contributed by atoms with Crippen LogP contribution in [-0.4, -0.2) is 23.8 Å². The third-order valence-electron chi connectivity index (χ3n) is 4.68. The zero-order valence-electron chi connectivity index (χ0n) is 16.5. The first-order valence-electron chi connectivity index (χ1n) is 9.24. The van der Waals surface area contributed by atoms with Crippen LogP contribution in [0.15, 0.2) is 71.2 Å². The van der Waals surface area contributed by atoms with Crippen molar-refractivity contribution in [3.05, 3.63) is 93.5 Å². The Labute approximate surface area is 183 Å². The van der Waals surface area contributed by atoms with Gasteiger partial charge in [-0.2, -0.15) is 0 Å². The van der Waals surface area contributed by atoms with Crippen molar-refractivity contribution < 1.29 is 14.3 Å². The van der Waals surface area contributed by atoms with Crippen molar-refractivity contribution >= 4 is 33.4 Å². The van der Waals surface area contributed by atoms with Crippen molar-refractivity contribution in [2.24, 2.45) is 5.73 Å². The number of nitrogens with two attached hydrogens (primary N) is 2. The van der Waals surface area contributed by atoms with Crippen molar-refractivity contribution in [1.29, 1.82) is 0 Å². The predicted molar refractivity (Wildman–Crippen MR) is 120 cm³/mol. The van der Waals surface area contributed by atoms with E-state index in [1.807, 2.05) is 36.4 Å². The molecule has 0 aromatic heterocycles. The van der Waals surface area contributed by atoms with Gasteiger partial charge in [0.05, 0.1) is 22.8 Å². The van der Waals surface area contributed by atoms with Crippen molar-refractivity contribution in [2.75, 3.05) is 12.8 Å². The van der Waals surface area contributed by atoms with Crippen LogP contribution in [0.5, 0.6) is 5.75 Å². The summed E-state index contributed by atoms with van der Waals surface area (Å²) in [6.45, 7) is 0.668. The number of rotatable bonds is 7. The van der Waals surface area contributed by atoms with Gasteiger partial charge in [0.15, 0.2) is 0 Å². The molecular weight excluding hydrogens is 446 g/mol. The number of benzene rings is 3. The first-order chi connectivity index (χ1) is 14.4. The van der Waals surface area contributed by atoms with Gasteiger partial charge >= 0.3 is 0 Å². The van der Waals surface area contributed by atoms with E-state index in [1.165, 1.54) is 7.11 Å². The van der Waals surface area contributed by atoms with Crippen molar-refractivity contribution in [3.8, 4) is 5.75 Å². The van der Waals surface area contributed by atoms with Crippen LogP contribution < -0.4 is 16.2 Å². The summed E-state index contributed by atoms with van der Waals surface area (Å²) in [6.07, 6.45) is 0. The first-order valence-corrected chi connectivity index (χ1v) is 10.0. The molecule has 0 aliphatic carbocycles. The minimum absolute atomic E-state index is 0.232. The highest BCUT2D eigenvalue weighted by Gasteiger charge is 2.22.